The Morgan fingerprint density at radius 1 is 1.30 bits per heavy atom. The van der Waals surface area contributed by atoms with Crippen LogP contribution < -0.4 is 4.74 Å². The number of carbonyl (C=O) groups is 2. The molecule has 5 heteroatoms. The highest BCUT2D eigenvalue weighted by Gasteiger charge is 2.28. The summed E-state index contributed by atoms with van der Waals surface area (Å²) < 4.78 is 18.4. The predicted octanol–water partition coefficient (Wildman–Crippen LogP) is 2.28. The molecule has 0 aliphatic carbocycles. The highest BCUT2D eigenvalue weighted by Crippen LogP contribution is 2.27. The average Bonchev–Trinajstić information content (AvgIpc) is 2.46. The zero-order chi connectivity index (χ0) is 14.7. The third-order valence-corrected chi connectivity index (χ3v) is 3.74. The molecule has 4 nitrogen and oxygen atoms in total. The normalized spacial score (nSPS) is 16.1. The molecule has 0 radical (unpaired) electrons. The fraction of sp³-hybridized carbons (Fsp3) is 0.467. The summed E-state index contributed by atoms with van der Waals surface area (Å²) in [6.07, 6.45) is 1.22. The molecular formula is C15H18FNO3. The van der Waals surface area contributed by atoms with Crippen LogP contribution in [0.5, 0.6) is 5.75 Å². The summed E-state index contributed by atoms with van der Waals surface area (Å²) in [6, 6.07) is 3.96. The summed E-state index contributed by atoms with van der Waals surface area (Å²) in [6.45, 7) is 2.67. The quantitative estimate of drug-likeness (QED) is 0.797. The Labute approximate surface area is 117 Å². The van der Waals surface area contributed by atoms with Crippen molar-refractivity contribution in [2.75, 3.05) is 20.2 Å². The van der Waals surface area contributed by atoms with Gasteiger partial charge in [0.1, 0.15) is 11.6 Å². The van der Waals surface area contributed by atoms with Crippen LogP contribution in [0.4, 0.5) is 4.39 Å². The Kier molecular flexibility index (Phi) is 4.37. The van der Waals surface area contributed by atoms with Gasteiger partial charge in [0, 0.05) is 25.9 Å². The SMILES string of the molecule is COc1ccc(F)cc1C(=O)C1CCN(C(C)=O)CC1. The summed E-state index contributed by atoms with van der Waals surface area (Å²) >= 11 is 0. The minimum absolute atomic E-state index is 0.0271. The lowest BCUT2D eigenvalue weighted by Crippen LogP contribution is -2.39. The number of piperidine rings is 1. The van der Waals surface area contributed by atoms with E-state index in [-0.39, 0.29) is 23.2 Å². The maximum Gasteiger partial charge on any atom is 0.219 e. The average molecular weight is 279 g/mol. The van der Waals surface area contributed by atoms with E-state index < -0.39 is 5.82 Å². The van der Waals surface area contributed by atoms with Gasteiger partial charge in [-0.05, 0) is 31.0 Å². The smallest absolute Gasteiger partial charge is 0.219 e. The van der Waals surface area contributed by atoms with Crippen LogP contribution in [0.25, 0.3) is 0 Å². The van der Waals surface area contributed by atoms with Crippen molar-refractivity contribution in [3.63, 3.8) is 0 Å². The van der Waals surface area contributed by atoms with E-state index >= 15 is 0 Å². The van der Waals surface area contributed by atoms with Crippen LogP contribution in [0.1, 0.15) is 30.1 Å². The predicted molar refractivity (Wildman–Crippen MR) is 72.3 cm³/mol. The molecule has 1 saturated heterocycles. The molecule has 0 bridgehead atoms. The number of likely N-dealkylation sites (tertiary alicyclic amines) is 1. The van der Waals surface area contributed by atoms with Gasteiger partial charge in [-0.2, -0.15) is 0 Å². The lowest BCUT2D eigenvalue weighted by atomic mass is 9.88. The van der Waals surface area contributed by atoms with Crippen molar-refractivity contribution in [2.45, 2.75) is 19.8 Å². The first-order chi connectivity index (χ1) is 9.52. The monoisotopic (exact) mass is 279 g/mol. The van der Waals surface area contributed by atoms with Crippen molar-refractivity contribution >= 4 is 11.7 Å². The van der Waals surface area contributed by atoms with Crippen LogP contribution in [0, 0.1) is 11.7 Å². The van der Waals surface area contributed by atoms with Crippen molar-refractivity contribution in [1.29, 1.82) is 0 Å². The van der Waals surface area contributed by atoms with E-state index in [2.05, 4.69) is 0 Å². The van der Waals surface area contributed by atoms with Crippen LogP contribution in [-0.2, 0) is 4.79 Å². The summed E-state index contributed by atoms with van der Waals surface area (Å²) in [7, 11) is 1.46. The number of benzene rings is 1. The van der Waals surface area contributed by atoms with Gasteiger partial charge < -0.3 is 9.64 Å². The van der Waals surface area contributed by atoms with Crippen molar-refractivity contribution in [3.8, 4) is 5.75 Å². The Balaban J connectivity index is 2.13. The van der Waals surface area contributed by atoms with E-state index in [9.17, 15) is 14.0 Å². The van der Waals surface area contributed by atoms with Crippen LogP contribution in [-0.4, -0.2) is 36.8 Å². The summed E-state index contributed by atoms with van der Waals surface area (Å²) in [5.74, 6) is -0.314. The molecule has 0 N–H and O–H groups in total. The first-order valence-corrected chi connectivity index (χ1v) is 6.66. The fourth-order valence-electron chi connectivity index (χ4n) is 2.55. The Bertz CT molecular complexity index is 522. The number of hydrogen-bond donors (Lipinski definition) is 0. The highest BCUT2D eigenvalue weighted by atomic mass is 19.1. The molecule has 0 saturated carbocycles. The third kappa shape index (κ3) is 2.98. The summed E-state index contributed by atoms with van der Waals surface area (Å²) in [5, 5.41) is 0. The third-order valence-electron chi connectivity index (χ3n) is 3.74. The first kappa shape index (κ1) is 14.5. The first-order valence-electron chi connectivity index (χ1n) is 6.66. The summed E-state index contributed by atoms with van der Waals surface area (Å²) in [4.78, 5) is 25.4. The minimum Gasteiger partial charge on any atom is -0.496 e. The number of ketones is 1. The van der Waals surface area contributed by atoms with Gasteiger partial charge in [0.05, 0.1) is 12.7 Å². The zero-order valence-electron chi connectivity index (χ0n) is 11.7. The highest BCUT2D eigenvalue weighted by molar-refractivity contribution is 6.00. The molecule has 1 heterocycles. The topological polar surface area (TPSA) is 46.6 Å². The Morgan fingerprint density at radius 3 is 2.50 bits per heavy atom. The van der Waals surface area contributed by atoms with Gasteiger partial charge in [-0.15, -0.1) is 0 Å². The number of nitrogens with zero attached hydrogens (tertiary/aromatic N) is 1. The molecule has 1 aromatic rings. The maximum absolute atomic E-state index is 13.3. The van der Waals surface area contributed by atoms with Gasteiger partial charge in [0.15, 0.2) is 5.78 Å². The number of carbonyl (C=O) groups excluding carboxylic acids is 2. The van der Waals surface area contributed by atoms with Crippen molar-refractivity contribution < 1.29 is 18.7 Å². The number of amides is 1. The number of ether oxygens (including phenoxy) is 1. The molecule has 0 spiro atoms. The molecule has 1 aliphatic heterocycles. The molecule has 0 aromatic heterocycles. The van der Waals surface area contributed by atoms with Crippen molar-refractivity contribution in [1.82, 2.24) is 4.90 Å². The zero-order valence-corrected chi connectivity index (χ0v) is 11.7. The largest absolute Gasteiger partial charge is 0.496 e. The van der Waals surface area contributed by atoms with Crippen molar-refractivity contribution in [2.24, 2.45) is 5.92 Å². The van der Waals surface area contributed by atoms with E-state index in [0.717, 1.165) is 0 Å². The standard InChI is InChI=1S/C15H18FNO3/c1-10(18)17-7-5-11(6-8-17)15(19)13-9-12(16)3-4-14(13)20-2/h3-4,9,11H,5-8H2,1-2H3. The molecule has 0 atom stereocenters. The lowest BCUT2D eigenvalue weighted by Gasteiger charge is -2.30. The molecule has 1 fully saturated rings. The van der Waals surface area contributed by atoms with Crippen molar-refractivity contribution in [3.05, 3.63) is 29.6 Å². The Morgan fingerprint density at radius 2 is 1.95 bits per heavy atom. The summed E-state index contributed by atoms with van der Waals surface area (Å²) in [5.41, 5.74) is 0.286. The van der Waals surface area contributed by atoms with E-state index in [1.54, 1.807) is 4.90 Å². The molecule has 0 unspecified atom stereocenters. The van der Waals surface area contributed by atoms with Gasteiger partial charge in [0.2, 0.25) is 5.91 Å². The molecule has 108 valence electrons. The molecule has 20 heavy (non-hydrogen) atoms. The molecule has 1 aromatic carbocycles. The molecular weight excluding hydrogens is 261 g/mol. The Hall–Kier alpha value is -1.91. The van der Waals surface area contributed by atoms with Gasteiger partial charge in [-0.3, -0.25) is 9.59 Å². The van der Waals surface area contributed by atoms with Crippen LogP contribution in [0.3, 0.4) is 0 Å². The van der Waals surface area contributed by atoms with E-state index in [1.165, 1.54) is 32.2 Å². The van der Waals surface area contributed by atoms with E-state index in [0.29, 0.717) is 31.7 Å². The molecule has 1 aliphatic rings. The van der Waals surface area contributed by atoms with E-state index in [1.807, 2.05) is 0 Å². The van der Waals surface area contributed by atoms with Gasteiger partial charge in [-0.1, -0.05) is 0 Å². The maximum atomic E-state index is 13.3. The number of rotatable bonds is 3. The lowest BCUT2D eigenvalue weighted by molar-refractivity contribution is -0.130. The minimum atomic E-state index is -0.449. The second kappa shape index (κ2) is 6.03. The fourth-order valence-corrected chi connectivity index (χ4v) is 2.55. The van der Waals surface area contributed by atoms with Crippen LogP contribution in [0.2, 0.25) is 0 Å². The van der Waals surface area contributed by atoms with E-state index in [4.69, 9.17) is 4.74 Å². The van der Waals surface area contributed by atoms with Gasteiger partial charge >= 0.3 is 0 Å². The molecule has 1 amide bonds. The number of halogens is 1. The second-order valence-corrected chi connectivity index (χ2v) is 4.99. The van der Waals surface area contributed by atoms with Gasteiger partial charge in [0.25, 0.3) is 0 Å². The number of Topliss-reactive ketones (excluding diaryl/α,β-unsaturated/α-hetero) is 1. The van der Waals surface area contributed by atoms with Crippen LogP contribution in [0.15, 0.2) is 18.2 Å². The molecule has 2 rings (SSSR count). The number of hydrogen-bond acceptors (Lipinski definition) is 3. The van der Waals surface area contributed by atoms with Crippen LogP contribution >= 0.6 is 0 Å². The second-order valence-electron chi connectivity index (χ2n) is 4.99. The number of methoxy groups -OCH3 is 1. The van der Waals surface area contributed by atoms with Gasteiger partial charge in [-0.25, -0.2) is 4.39 Å².